The number of benzene rings is 1. The molecule has 1 saturated heterocycles. The van der Waals surface area contributed by atoms with Crippen LogP contribution in [0.1, 0.15) is 11.1 Å². The van der Waals surface area contributed by atoms with Crippen molar-refractivity contribution in [3.63, 3.8) is 0 Å². The second-order valence-electron chi connectivity index (χ2n) is 4.24. The van der Waals surface area contributed by atoms with Crippen LogP contribution in [0.2, 0.25) is 0 Å². The van der Waals surface area contributed by atoms with Crippen molar-refractivity contribution in [2.24, 2.45) is 5.11 Å². The van der Waals surface area contributed by atoms with Crippen LogP contribution >= 0.6 is 0 Å². The molecule has 0 bridgehead atoms. The highest BCUT2D eigenvalue weighted by atomic mass is 15.2. The van der Waals surface area contributed by atoms with Gasteiger partial charge in [0.15, 0.2) is 0 Å². The summed E-state index contributed by atoms with van der Waals surface area (Å²) in [7, 11) is 0. The molecule has 0 spiro atoms. The molecule has 0 aliphatic carbocycles. The van der Waals surface area contributed by atoms with E-state index < -0.39 is 0 Å². The molecule has 17 heavy (non-hydrogen) atoms. The van der Waals surface area contributed by atoms with E-state index in [9.17, 15) is 0 Å². The van der Waals surface area contributed by atoms with Crippen LogP contribution in [-0.4, -0.2) is 31.1 Å². The summed E-state index contributed by atoms with van der Waals surface area (Å²) in [6.07, 6.45) is 0. The highest BCUT2D eigenvalue weighted by molar-refractivity contribution is 5.23. The maximum Gasteiger partial charge on any atom is 0.0510 e. The highest BCUT2D eigenvalue weighted by Crippen LogP contribution is 2.10. The van der Waals surface area contributed by atoms with E-state index in [0.717, 1.165) is 38.3 Å². The van der Waals surface area contributed by atoms with Crippen LogP contribution in [0.4, 0.5) is 0 Å². The fourth-order valence-corrected chi connectivity index (χ4v) is 2.07. The molecule has 1 aliphatic rings. The van der Waals surface area contributed by atoms with Crippen LogP contribution in [0.3, 0.4) is 0 Å². The third-order valence-corrected chi connectivity index (χ3v) is 2.92. The molecule has 0 amide bonds. The van der Waals surface area contributed by atoms with E-state index in [-0.39, 0.29) is 0 Å². The van der Waals surface area contributed by atoms with Gasteiger partial charge in [0, 0.05) is 37.6 Å². The smallest absolute Gasteiger partial charge is 0.0510 e. The minimum atomic E-state index is 0.436. The zero-order chi connectivity index (χ0) is 11.9. The van der Waals surface area contributed by atoms with Crippen LogP contribution in [0.15, 0.2) is 29.4 Å². The summed E-state index contributed by atoms with van der Waals surface area (Å²) >= 11 is 0. The second-order valence-corrected chi connectivity index (χ2v) is 4.24. The fourth-order valence-electron chi connectivity index (χ4n) is 2.07. The third-order valence-electron chi connectivity index (χ3n) is 2.92. The molecule has 0 atom stereocenters. The molecule has 1 fully saturated rings. The van der Waals surface area contributed by atoms with Crippen molar-refractivity contribution < 1.29 is 0 Å². The molecular formula is C12H17N5. The van der Waals surface area contributed by atoms with Gasteiger partial charge in [-0.05, 0) is 16.7 Å². The minimum Gasteiger partial charge on any atom is -0.314 e. The number of hydrogen-bond donors (Lipinski definition) is 1. The van der Waals surface area contributed by atoms with Gasteiger partial charge < -0.3 is 5.32 Å². The molecule has 90 valence electrons. The SMILES string of the molecule is [N-]=[N+]=NCc1cccc(CN2CCNCC2)c1. The first-order valence-electron chi connectivity index (χ1n) is 5.90. The maximum atomic E-state index is 8.30. The van der Waals surface area contributed by atoms with E-state index in [4.69, 9.17) is 5.53 Å². The number of nitrogens with zero attached hydrogens (tertiary/aromatic N) is 4. The molecule has 0 unspecified atom stereocenters. The summed E-state index contributed by atoms with van der Waals surface area (Å²) < 4.78 is 0. The van der Waals surface area contributed by atoms with Crippen LogP contribution in [0.5, 0.6) is 0 Å². The molecule has 0 saturated carbocycles. The summed E-state index contributed by atoms with van der Waals surface area (Å²) in [6.45, 7) is 5.75. The van der Waals surface area contributed by atoms with E-state index in [0.29, 0.717) is 6.54 Å². The molecule has 2 rings (SSSR count). The zero-order valence-electron chi connectivity index (χ0n) is 9.84. The van der Waals surface area contributed by atoms with Crippen molar-refractivity contribution in [3.05, 3.63) is 45.8 Å². The first kappa shape index (κ1) is 11.9. The standard InChI is InChI=1S/C12H17N5/c13-16-15-9-11-2-1-3-12(8-11)10-17-6-4-14-5-7-17/h1-3,8,14H,4-7,9-10H2. The Kier molecular flexibility index (Phi) is 4.38. The molecular weight excluding hydrogens is 214 g/mol. The Hall–Kier alpha value is -1.55. The fraction of sp³-hybridized carbons (Fsp3) is 0.500. The lowest BCUT2D eigenvalue weighted by molar-refractivity contribution is 0.233. The molecule has 0 radical (unpaired) electrons. The van der Waals surface area contributed by atoms with Gasteiger partial charge in [0.2, 0.25) is 0 Å². The highest BCUT2D eigenvalue weighted by Gasteiger charge is 2.09. The van der Waals surface area contributed by atoms with Gasteiger partial charge in [-0.3, -0.25) is 4.90 Å². The van der Waals surface area contributed by atoms with E-state index in [1.165, 1.54) is 5.56 Å². The van der Waals surface area contributed by atoms with Crippen molar-refractivity contribution >= 4 is 0 Å². The average Bonchev–Trinajstić information content (AvgIpc) is 2.38. The van der Waals surface area contributed by atoms with Crippen LogP contribution in [-0.2, 0) is 13.1 Å². The van der Waals surface area contributed by atoms with E-state index in [2.05, 4.69) is 32.4 Å². The average molecular weight is 231 g/mol. The Balaban J connectivity index is 1.97. The molecule has 1 aromatic rings. The molecule has 1 aliphatic heterocycles. The lowest BCUT2D eigenvalue weighted by Gasteiger charge is -2.27. The van der Waals surface area contributed by atoms with E-state index >= 15 is 0 Å². The minimum absolute atomic E-state index is 0.436. The lowest BCUT2D eigenvalue weighted by Crippen LogP contribution is -2.42. The first-order valence-corrected chi connectivity index (χ1v) is 5.90. The zero-order valence-corrected chi connectivity index (χ0v) is 9.84. The number of azide groups is 1. The summed E-state index contributed by atoms with van der Waals surface area (Å²) in [6, 6.07) is 8.27. The molecule has 1 aromatic carbocycles. The lowest BCUT2D eigenvalue weighted by atomic mass is 10.1. The van der Waals surface area contributed by atoms with Gasteiger partial charge in [-0.25, -0.2) is 0 Å². The van der Waals surface area contributed by atoms with Crippen LogP contribution in [0.25, 0.3) is 10.4 Å². The molecule has 0 aromatic heterocycles. The molecule has 1 N–H and O–H groups in total. The quantitative estimate of drug-likeness (QED) is 0.488. The second kappa shape index (κ2) is 6.25. The van der Waals surface area contributed by atoms with E-state index in [1.807, 2.05) is 12.1 Å². The number of rotatable bonds is 4. The normalized spacial score (nSPS) is 16.5. The predicted octanol–water partition coefficient (Wildman–Crippen LogP) is 1.90. The predicted molar refractivity (Wildman–Crippen MR) is 67.4 cm³/mol. The summed E-state index contributed by atoms with van der Waals surface area (Å²) in [4.78, 5) is 5.22. The van der Waals surface area contributed by atoms with Crippen LogP contribution in [0, 0.1) is 0 Å². The topological polar surface area (TPSA) is 64.0 Å². The third kappa shape index (κ3) is 3.75. The Morgan fingerprint density at radius 3 is 2.82 bits per heavy atom. The Morgan fingerprint density at radius 1 is 1.29 bits per heavy atom. The Morgan fingerprint density at radius 2 is 2.06 bits per heavy atom. The monoisotopic (exact) mass is 231 g/mol. The van der Waals surface area contributed by atoms with Gasteiger partial charge in [-0.15, -0.1) is 0 Å². The van der Waals surface area contributed by atoms with Gasteiger partial charge in [0.1, 0.15) is 0 Å². The van der Waals surface area contributed by atoms with Crippen molar-refractivity contribution in [1.29, 1.82) is 0 Å². The number of hydrogen-bond acceptors (Lipinski definition) is 3. The van der Waals surface area contributed by atoms with Crippen molar-refractivity contribution in [2.45, 2.75) is 13.1 Å². The summed E-state index contributed by atoms with van der Waals surface area (Å²) in [5.74, 6) is 0. The number of nitrogens with one attached hydrogen (secondary N) is 1. The Bertz CT molecular complexity index is 405. The summed E-state index contributed by atoms with van der Waals surface area (Å²) in [5, 5.41) is 6.93. The van der Waals surface area contributed by atoms with Gasteiger partial charge in [0.05, 0.1) is 6.54 Å². The van der Waals surface area contributed by atoms with Gasteiger partial charge >= 0.3 is 0 Å². The van der Waals surface area contributed by atoms with Crippen molar-refractivity contribution in [2.75, 3.05) is 26.2 Å². The molecule has 1 heterocycles. The molecule has 5 heteroatoms. The number of piperazine rings is 1. The summed E-state index contributed by atoms with van der Waals surface area (Å²) in [5.41, 5.74) is 10.7. The first-order chi connectivity index (χ1) is 8.38. The molecule has 5 nitrogen and oxygen atoms in total. The van der Waals surface area contributed by atoms with Crippen LogP contribution < -0.4 is 5.32 Å². The van der Waals surface area contributed by atoms with Gasteiger partial charge in [-0.1, -0.05) is 29.4 Å². The maximum absolute atomic E-state index is 8.30. The van der Waals surface area contributed by atoms with E-state index in [1.54, 1.807) is 0 Å². The largest absolute Gasteiger partial charge is 0.314 e. The van der Waals surface area contributed by atoms with Gasteiger partial charge in [-0.2, -0.15) is 0 Å². The van der Waals surface area contributed by atoms with Crippen molar-refractivity contribution in [3.8, 4) is 0 Å². The van der Waals surface area contributed by atoms with Gasteiger partial charge in [0.25, 0.3) is 0 Å². The Labute approximate surface area is 101 Å². The van der Waals surface area contributed by atoms with Crippen molar-refractivity contribution in [1.82, 2.24) is 10.2 Å².